The van der Waals surface area contributed by atoms with E-state index in [4.69, 9.17) is 11.6 Å². The zero-order valence-corrected chi connectivity index (χ0v) is 15.4. The van der Waals surface area contributed by atoms with Crippen molar-refractivity contribution in [3.63, 3.8) is 0 Å². The van der Waals surface area contributed by atoms with Crippen molar-refractivity contribution in [1.82, 2.24) is 0 Å². The summed E-state index contributed by atoms with van der Waals surface area (Å²) < 4.78 is 0. The summed E-state index contributed by atoms with van der Waals surface area (Å²) in [5.74, 6) is 0.752. The highest BCUT2D eigenvalue weighted by atomic mass is 35.5. The summed E-state index contributed by atoms with van der Waals surface area (Å²) in [7, 11) is 0. The molecule has 0 heterocycles. The van der Waals surface area contributed by atoms with Crippen molar-refractivity contribution >= 4 is 35.0 Å². The van der Waals surface area contributed by atoms with E-state index in [0.29, 0.717) is 5.56 Å². The highest BCUT2D eigenvalue weighted by molar-refractivity contribution is 7.98. The number of carbonyl (C=O) groups is 1. The van der Waals surface area contributed by atoms with Crippen LogP contribution in [0.25, 0.3) is 0 Å². The van der Waals surface area contributed by atoms with Crippen molar-refractivity contribution in [1.29, 1.82) is 0 Å². The molecule has 0 bridgehead atoms. The second kappa shape index (κ2) is 8.24. The van der Waals surface area contributed by atoms with Crippen LogP contribution in [0.2, 0.25) is 5.02 Å². The number of hydrogen-bond donors (Lipinski definition) is 1. The number of benzene rings is 3. The lowest BCUT2D eigenvalue weighted by atomic mass is 10.1. The lowest BCUT2D eigenvalue weighted by Gasteiger charge is -2.07. The Morgan fingerprint density at radius 2 is 1.56 bits per heavy atom. The highest BCUT2D eigenvalue weighted by Crippen LogP contribution is 2.24. The number of thioether (sulfide) groups is 1. The Morgan fingerprint density at radius 1 is 0.920 bits per heavy atom. The first-order valence-electron chi connectivity index (χ1n) is 7.95. The quantitative estimate of drug-likeness (QED) is 0.544. The summed E-state index contributed by atoms with van der Waals surface area (Å²) in [5, 5.41) is 3.66. The Kier molecular flexibility index (Phi) is 5.79. The maximum atomic E-state index is 12.3. The zero-order chi connectivity index (χ0) is 17.6. The maximum Gasteiger partial charge on any atom is 0.255 e. The predicted molar refractivity (Wildman–Crippen MR) is 107 cm³/mol. The van der Waals surface area contributed by atoms with Crippen molar-refractivity contribution < 1.29 is 4.79 Å². The molecule has 3 rings (SSSR count). The lowest BCUT2D eigenvalue weighted by Crippen LogP contribution is -2.11. The van der Waals surface area contributed by atoms with Gasteiger partial charge in [-0.3, -0.25) is 4.79 Å². The first-order chi connectivity index (χ1) is 12.1. The molecule has 0 aliphatic carbocycles. The van der Waals surface area contributed by atoms with Crippen molar-refractivity contribution in [2.24, 2.45) is 0 Å². The van der Waals surface area contributed by atoms with Gasteiger partial charge in [0.2, 0.25) is 0 Å². The van der Waals surface area contributed by atoms with E-state index in [-0.39, 0.29) is 5.91 Å². The molecule has 25 heavy (non-hydrogen) atoms. The summed E-state index contributed by atoms with van der Waals surface area (Å²) in [6.07, 6.45) is 0. The summed E-state index contributed by atoms with van der Waals surface area (Å²) >= 11 is 7.64. The van der Waals surface area contributed by atoms with Gasteiger partial charge < -0.3 is 5.32 Å². The molecule has 126 valence electrons. The SMILES string of the molecule is Cc1ccc(NC(=O)c2ccc(CSc3ccc(Cl)cc3)cc2)cc1. The second-order valence-corrected chi connectivity index (χ2v) is 7.24. The smallest absolute Gasteiger partial charge is 0.255 e. The largest absolute Gasteiger partial charge is 0.322 e. The molecule has 0 aromatic heterocycles. The third-order valence-corrected chi connectivity index (χ3v) is 5.08. The first-order valence-corrected chi connectivity index (χ1v) is 9.32. The van der Waals surface area contributed by atoms with Gasteiger partial charge in [0.25, 0.3) is 5.91 Å². The van der Waals surface area contributed by atoms with Crippen LogP contribution in [0.3, 0.4) is 0 Å². The molecule has 1 amide bonds. The number of hydrogen-bond acceptors (Lipinski definition) is 2. The predicted octanol–water partition coefficient (Wildman–Crippen LogP) is 6.19. The Morgan fingerprint density at radius 3 is 2.20 bits per heavy atom. The molecular formula is C21H18ClNOS. The fourth-order valence-corrected chi connectivity index (χ4v) is 3.27. The molecule has 0 aliphatic heterocycles. The van der Waals surface area contributed by atoms with Crippen LogP contribution in [0.1, 0.15) is 21.5 Å². The Hall–Kier alpha value is -2.23. The maximum absolute atomic E-state index is 12.3. The average Bonchev–Trinajstić information content (AvgIpc) is 2.63. The molecule has 0 aliphatic rings. The summed E-state index contributed by atoms with van der Waals surface area (Å²) in [4.78, 5) is 13.5. The van der Waals surface area contributed by atoms with Gasteiger partial charge in [-0.2, -0.15) is 0 Å². The first kappa shape index (κ1) is 17.6. The molecule has 0 atom stereocenters. The van der Waals surface area contributed by atoms with Gasteiger partial charge >= 0.3 is 0 Å². The van der Waals surface area contributed by atoms with Gasteiger partial charge in [-0.05, 0) is 61.0 Å². The zero-order valence-electron chi connectivity index (χ0n) is 13.8. The van der Waals surface area contributed by atoms with E-state index in [1.165, 1.54) is 16.0 Å². The van der Waals surface area contributed by atoms with E-state index in [1.54, 1.807) is 11.8 Å². The van der Waals surface area contributed by atoms with E-state index in [1.807, 2.05) is 79.7 Å². The number of rotatable bonds is 5. The van der Waals surface area contributed by atoms with Gasteiger partial charge in [0.1, 0.15) is 0 Å². The molecule has 1 N–H and O–H groups in total. The third-order valence-electron chi connectivity index (χ3n) is 3.74. The van der Waals surface area contributed by atoms with Gasteiger partial charge in [-0.25, -0.2) is 0 Å². The number of halogens is 1. The molecule has 0 saturated heterocycles. The van der Waals surface area contributed by atoms with Gasteiger partial charge in [0.15, 0.2) is 0 Å². The van der Waals surface area contributed by atoms with Gasteiger partial charge in [-0.15, -0.1) is 11.8 Å². The third kappa shape index (κ3) is 5.12. The number of aryl methyl sites for hydroxylation is 1. The number of carbonyl (C=O) groups excluding carboxylic acids is 1. The van der Waals surface area contributed by atoms with Crippen LogP contribution < -0.4 is 5.32 Å². The van der Waals surface area contributed by atoms with Crippen molar-refractivity contribution in [2.75, 3.05) is 5.32 Å². The summed E-state index contributed by atoms with van der Waals surface area (Å²) in [6.45, 7) is 2.02. The van der Waals surface area contributed by atoms with Crippen LogP contribution in [0.4, 0.5) is 5.69 Å². The normalized spacial score (nSPS) is 10.5. The van der Waals surface area contributed by atoms with Crippen LogP contribution in [0.5, 0.6) is 0 Å². The van der Waals surface area contributed by atoms with Crippen LogP contribution in [0, 0.1) is 6.92 Å². The standard InChI is InChI=1S/C21H18ClNOS/c1-15-2-10-19(11-3-15)23-21(24)17-6-4-16(5-7-17)14-25-20-12-8-18(22)9-13-20/h2-13H,14H2,1H3,(H,23,24). The van der Waals surface area contributed by atoms with Crippen LogP contribution in [-0.2, 0) is 5.75 Å². The molecular weight excluding hydrogens is 350 g/mol. The van der Waals surface area contributed by atoms with Gasteiger partial charge in [0, 0.05) is 26.9 Å². The molecule has 4 heteroatoms. The minimum atomic E-state index is -0.0965. The lowest BCUT2D eigenvalue weighted by molar-refractivity contribution is 0.102. The van der Waals surface area contributed by atoms with Gasteiger partial charge in [-0.1, -0.05) is 41.4 Å². The molecule has 3 aromatic rings. The second-order valence-electron chi connectivity index (χ2n) is 5.76. The van der Waals surface area contributed by atoms with Crippen LogP contribution in [-0.4, -0.2) is 5.91 Å². The Balaban J connectivity index is 1.58. The summed E-state index contributed by atoms with van der Waals surface area (Å²) in [5.41, 5.74) is 3.80. The topological polar surface area (TPSA) is 29.1 Å². The molecule has 2 nitrogen and oxygen atoms in total. The summed E-state index contributed by atoms with van der Waals surface area (Å²) in [6, 6.07) is 23.3. The van der Waals surface area contributed by atoms with Gasteiger partial charge in [0.05, 0.1) is 0 Å². The molecule has 3 aromatic carbocycles. The Labute approximate surface area is 157 Å². The van der Waals surface area contributed by atoms with E-state index < -0.39 is 0 Å². The van der Waals surface area contributed by atoms with E-state index in [9.17, 15) is 4.79 Å². The fraction of sp³-hybridized carbons (Fsp3) is 0.0952. The van der Waals surface area contributed by atoms with Crippen LogP contribution >= 0.6 is 23.4 Å². The number of anilines is 1. The van der Waals surface area contributed by atoms with Crippen molar-refractivity contribution in [2.45, 2.75) is 17.6 Å². The molecule has 0 spiro atoms. The molecule has 0 unspecified atom stereocenters. The number of nitrogens with one attached hydrogen (secondary N) is 1. The highest BCUT2D eigenvalue weighted by Gasteiger charge is 2.06. The van der Waals surface area contributed by atoms with Crippen LogP contribution in [0.15, 0.2) is 77.7 Å². The van der Waals surface area contributed by atoms with E-state index in [2.05, 4.69) is 5.32 Å². The van der Waals surface area contributed by atoms with E-state index >= 15 is 0 Å². The monoisotopic (exact) mass is 367 g/mol. The molecule has 0 radical (unpaired) electrons. The number of amides is 1. The average molecular weight is 368 g/mol. The Bertz CT molecular complexity index is 843. The minimum Gasteiger partial charge on any atom is -0.322 e. The minimum absolute atomic E-state index is 0.0965. The van der Waals surface area contributed by atoms with Crippen molar-refractivity contribution in [3.8, 4) is 0 Å². The molecule has 0 fully saturated rings. The van der Waals surface area contributed by atoms with Crippen molar-refractivity contribution in [3.05, 3.63) is 94.5 Å². The molecule has 0 saturated carbocycles. The van der Waals surface area contributed by atoms with E-state index in [0.717, 1.165) is 16.5 Å². The fourth-order valence-electron chi connectivity index (χ4n) is 2.29.